The second kappa shape index (κ2) is 14.0. The van der Waals surface area contributed by atoms with Gasteiger partial charge in [0.2, 0.25) is 0 Å². The fourth-order valence-electron chi connectivity index (χ4n) is 9.86. The summed E-state index contributed by atoms with van der Waals surface area (Å²) in [6, 6.07) is 0.898. The van der Waals surface area contributed by atoms with Gasteiger partial charge in [-0.3, -0.25) is 0 Å². The summed E-state index contributed by atoms with van der Waals surface area (Å²) >= 11 is 7.23. The average Bonchev–Trinajstić information content (AvgIpc) is 3.23. The Morgan fingerprint density at radius 3 is 2.60 bits per heavy atom. The summed E-state index contributed by atoms with van der Waals surface area (Å²) in [6.45, 7) is 14.8. The van der Waals surface area contributed by atoms with Crippen LogP contribution >= 0.6 is 24.4 Å². The van der Waals surface area contributed by atoms with Crippen molar-refractivity contribution in [1.82, 2.24) is 5.32 Å². The number of hydrogen-bond donors (Lipinski definition) is 3. The summed E-state index contributed by atoms with van der Waals surface area (Å²) in [6.07, 6.45) is 25.0. The highest BCUT2D eigenvalue weighted by molar-refractivity contribution is 8.11. The van der Waals surface area contributed by atoms with Crippen LogP contribution in [0.5, 0.6) is 0 Å². The van der Waals surface area contributed by atoms with E-state index in [4.69, 9.17) is 17.4 Å². The zero-order valence-electron chi connectivity index (χ0n) is 28.0. The van der Waals surface area contributed by atoms with Gasteiger partial charge in [0.15, 0.2) is 0 Å². The Morgan fingerprint density at radius 1 is 1.05 bits per heavy atom. The first kappa shape index (κ1) is 33.7. The molecule has 0 aromatic rings. The van der Waals surface area contributed by atoms with E-state index in [0.29, 0.717) is 30.5 Å². The van der Waals surface area contributed by atoms with Crippen LogP contribution in [-0.4, -0.2) is 39.7 Å². The fourth-order valence-corrected chi connectivity index (χ4v) is 11.5. The van der Waals surface area contributed by atoms with E-state index in [1.54, 1.807) is 5.57 Å². The molecular formula is C38H61NO2S2. The summed E-state index contributed by atoms with van der Waals surface area (Å²) in [5.74, 6) is 4.98. The molecule has 3 saturated carbocycles. The first-order valence-electron chi connectivity index (χ1n) is 17.7. The molecule has 43 heavy (non-hydrogen) atoms. The molecule has 0 heterocycles. The van der Waals surface area contributed by atoms with Crippen molar-refractivity contribution in [3.63, 3.8) is 0 Å². The molecule has 0 aliphatic heterocycles. The van der Waals surface area contributed by atoms with Crippen molar-refractivity contribution in [2.45, 2.75) is 141 Å². The van der Waals surface area contributed by atoms with Gasteiger partial charge in [-0.15, -0.1) is 11.8 Å². The summed E-state index contributed by atoms with van der Waals surface area (Å²) < 4.78 is 6.54. The topological polar surface area (TPSA) is 41.5 Å². The number of rotatable bonds is 10. The highest BCUT2D eigenvalue weighted by atomic mass is 32.2. The predicted molar refractivity (Wildman–Crippen MR) is 189 cm³/mol. The molecule has 0 amide bonds. The highest BCUT2D eigenvalue weighted by Crippen LogP contribution is 2.65. The normalized spacial score (nSPS) is 41.0. The standard InChI is InChI=1S/C38H61NO2S2/c1-7-26(3)39-27(4)28-11-9-10-12-29(14-13-28)41-24-23-37-21-18-30-31(33(37)15-16-35(37)40)17-20-36(5,6)34-25-38(42,43-8-2)22-19-32(30)34/h9-10,12-13,25-27,30-33,35,39-40,42H,7-8,11,14-24H2,1-6H3/b10-9?,28-13+,29-12+. The third-order valence-electron chi connectivity index (χ3n) is 12.4. The lowest BCUT2D eigenvalue weighted by molar-refractivity contribution is -0.0708. The number of nitrogens with one attached hydrogen (secondary N) is 1. The van der Waals surface area contributed by atoms with E-state index in [0.717, 1.165) is 61.9 Å². The lowest BCUT2D eigenvalue weighted by atomic mass is 9.54. The molecule has 5 heteroatoms. The zero-order chi connectivity index (χ0) is 30.8. The molecule has 2 N–H and O–H groups in total. The van der Waals surface area contributed by atoms with E-state index in [-0.39, 0.29) is 21.0 Å². The Kier molecular flexibility index (Phi) is 11.0. The Morgan fingerprint density at radius 2 is 1.84 bits per heavy atom. The van der Waals surface area contributed by atoms with Gasteiger partial charge in [0.25, 0.3) is 0 Å². The maximum atomic E-state index is 11.6. The van der Waals surface area contributed by atoms with E-state index >= 15 is 0 Å². The van der Waals surface area contributed by atoms with Crippen LogP contribution in [0.15, 0.2) is 47.3 Å². The molecule has 0 bridgehead atoms. The maximum absolute atomic E-state index is 11.6. The fraction of sp³-hybridized carbons (Fsp3) is 0.789. The van der Waals surface area contributed by atoms with Gasteiger partial charge in [0.05, 0.1) is 22.5 Å². The average molecular weight is 628 g/mol. The van der Waals surface area contributed by atoms with Crippen LogP contribution in [0.4, 0.5) is 0 Å². The van der Waals surface area contributed by atoms with Crippen molar-refractivity contribution in [2.24, 2.45) is 34.5 Å². The number of aliphatic hydroxyl groups excluding tert-OH is 1. The highest BCUT2D eigenvalue weighted by Gasteiger charge is 2.58. The first-order chi connectivity index (χ1) is 20.5. The van der Waals surface area contributed by atoms with Crippen LogP contribution in [0.2, 0.25) is 0 Å². The molecule has 0 radical (unpaired) electrons. The summed E-state index contributed by atoms with van der Waals surface area (Å²) in [5, 5.41) is 15.3. The van der Waals surface area contributed by atoms with Gasteiger partial charge in [0, 0.05) is 23.9 Å². The molecule has 5 aliphatic rings. The van der Waals surface area contributed by atoms with Crippen LogP contribution < -0.4 is 5.32 Å². The Labute approximate surface area is 273 Å². The number of thioether (sulfide) groups is 1. The van der Waals surface area contributed by atoms with Crippen LogP contribution in [0.3, 0.4) is 0 Å². The maximum Gasteiger partial charge on any atom is 0.0997 e. The lowest BCUT2D eigenvalue weighted by Gasteiger charge is -2.52. The summed E-state index contributed by atoms with van der Waals surface area (Å²) in [4.78, 5) is 0. The minimum absolute atomic E-state index is 0.00364. The van der Waals surface area contributed by atoms with Crippen molar-refractivity contribution in [3.05, 3.63) is 47.3 Å². The van der Waals surface area contributed by atoms with Crippen molar-refractivity contribution in [3.8, 4) is 0 Å². The molecule has 9 atom stereocenters. The second-order valence-corrected chi connectivity index (χ2v) is 18.0. The summed E-state index contributed by atoms with van der Waals surface area (Å²) in [7, 11) is 0. The van der Waals surface area contributed by atoms with Crippen molar-refractivity contribution >= 4 is 24.4 Å². The molecule has 0 aromatic carbocycles. The van der Waals surface area contributed by atoms with E-state index < -0.39 is 0 Å². The monoisotopic (exact) mass is 627 g/mol. The van der Waals surface area contributed by atoms with E-state index in [1.165, 1.54) is 44.1 Å². The smallest absolute Gasteiger partial charge is 0.0997 e. The molecule has 5 rings (SSSR count). The molecule has 3 fully saturated rings. The molecule has 9 unspecified atom stereocenters. The number of allylic oxidation sites excluding steroid dienone is 5. The Bertz CT molecular complexity index is 1090. The van der Waals surface area contributed by atoms with Crippen LogP contribution in [0.1, 0.15) is 119 Å². The molecule has 5 aliphatic carbocycles. The SMILES string of the molecule is CCSC1(S)C=C2C(CC1)C1CCC3(CCO/C4=C/C=CC/C(C(C)NC(C)CC)=C\C4)C(O)CCC3C1CCC2(C)C. The third kappa shape index (κ3) is 7.20. The largest absolute Gasteiger partial charge is 0.498 e. The van der Waals surface area contributed by atoms with Crippen LogP contribution in [-0.2, 0) is 4.74 Å². The molecule has 0 aromatic heterocycles. The van der Waals surface area contributed by atoms with Crippen molar-refractivity contribution in [2.75, 3.05) is 12.4 Å². The van der Waals surface area contributed by atoms with E-state index in [2.05, 4.69) is 77.2 Å². The van der Waals surface area contributed by atoms with Crippen molar-refractivity contribution < 1.29 is 9.84 Å². The Balaban J connectivity index is 1.27. The minimum atomic E-state index is -0.184. The van der Waals surface area contributed by atoms with Crippen LogP contribution in [0.25, 0.3) is 0 Å². The number of fused-ring (bicyclic) bond motifs is 5. The quantitative estimate of drug-likeness (QED) is 0.128. The lowest BCUT2D eigenvalue weighted by Crippen LogP contribution is -2.47. The number of thiol groups is 1. The molecule has 3 nitrogen and oxygen atoms in total. The second-order valence-electron chi connectivity index (χ2n) is 15.3. The van der Waals surface area contributed by atoms with Crippen LogP contribution in [0, 0.1) is 34.5 Å². The van der Waals surface area contributed by atoms with Crippen molar-refractivity contribution in [1.29, 1.82) is 0 Å². The van der Waals surface area contributed by atoms with Gasteiger partial charge in [0.1, 0.15) is 0 Å². The zero-order valence-corrected chi connectivity index (χ0v) is 29.7. The van der Waals surface area contributed by atoms with E-state index in [1.807, 2.05) is 11.8 Å². The van der Waals surface area contributed by atoms with E-state index in [9.17, 15) is 5.11 Å². The van der Waals surface area contributed by atoms with Gasteiger partial charge in [-0.2, -0.15) is 12.6 Å². The number of ether oxygens (including phenoxy) is 1. The Hall–Kier alpha value is -0.620. The number of hydrogen-bond acceptors (Lipinski definition) is 5. The van der Waals surface area contributed by atoms with Gasteiger partial charge in [-0.05, 0) is 125 Å². The van der Waals surface area contributed by atoms with Gasteiger partial charge in [-0.1, -0.05) is 63.1 Å². The number of aliphatic hydroxyl groups is 1. The summed E-state index contributed by atoms with van der Waals surface area (Å²) in [5.41, 5.74) is 3.42. The van der Waals surface area contributed by atoms with Gasteiger partial charge >= 0.3 is 0 Å². The predicted octanol–water partition coefficient (Wildman–Crippen LogP) is 9.65. The van der Waals surface area contributed by atoms with Gasteiger partial charge < -0.3 is 15.2 Å². The minimum Gasteiger partial charge on any atom is -0.498 e. The third-order valence-corrected chi connectivity index (χ3v) is 14.3. The van der Waals surface area contributed by atoms with Gasteiger partial charge in [-0.25, -0.2) is 0 Å². The molecule has 0 saturated heterocycles. The molecular weight excluding hydrogens is 567 g/mol. The molecule has 0 spiro atoms. The molecule has 242 valence electrons. The first-order valence-corrected chi connectivity index (χ1v) is 19.2.